The summed E-state index contributed by atoms with van der Waals surface area (Å²) in [6, 6.07) is -0.283. The molecular formula is C86H164B7F2NO18S2. The van der Waals surface area contributed by atoms with Crippen LogP contribution in [0.15, 0.2) is 0 Å². The van der Waals surface area contributed by atoms with Crippen LogP contribution >= 0.6 is 11.8 Å². The second-order valence-corrected chi connectivity index (χ2v) is 41.0. The molecule has 28 atom stereocenters. The number of sulfone groups is 1. The van der Waals surface area contributed by atoms with Crippen LogP contribution in [0, 0.1) is 53.3 Å². The zero-order valence-corrected chi connectivity index (χ0v) is 80.6. The third-order valence-electron chi connectivity index (χ3n) is 21.0. The van der Waals surface area contributed by atoms with Crippen LogP contribution in [0.2, 0.25) is 5.82 Å². The molecule has 14 radical (unpaired) electrons. The van der Waals surface area contributed by atoms with Gasteiger partial charge in [-0.05, 0) is 214 Å². The Hall–Kier alpha value is -0.0655. The maximum atomic E-state index is 14.6. The number of halogens is 2. The van der Waals surface area contributed by atoms with E-state index in [0.717, 1.165) is 26.1 Å². The minimum atomic E-state index is -3.38. The lowest BCUT2D eigenvalue weighted by molar-refractivity contribution is -0.220. The first-order valence-corrected chi connectivity index (χ1v) is 46.5. The molecule has 0 amide bonds. The highest BCUT2D eigenvalue weighted by Gasteiger charge is 2.55. The maximum Gasteiger partial charge on any atom is 0.259 e. The molecule has 1 aliphatic carbocycles. The summed E-state index contributed by atoms with van der Waals surface area (Å²) in [5.41, 5.74) is 0. The summed E-state index contributed by atoms with van der Waals surface area (Å²) >= 11 is 1.79. The zero-order valence-electron chi connectivity index (χ0n) is 78.9. The minimum absolute atomic E-state index is 0.00139. The maximum absolute atomic E-state index is 14.6. The summed E-state index contributed by atoms with van der Waals surface area (Å²) in [6.45, 7) is 72.4. The van der Waals surface area contributed by atoms with E-state index in [2.05, 4.69) is 130 Å². The molecule has 0 spiro atoms. The molecule has 0 aromatic carbocycles. The second kappa shape index (κ2) is 54.8. The van der Waals surface area contributed by atoms with Crippen molar-refractivity contribution in [2.75, 3.05) is 39.6 Å². The number of ether oxygens (including phenoxy) is 16. The van der Waals surface area contributed by atoms with E-state index in [0.29, 0.717) is 60.0 Å². The van der Waals surface area contributed by atoms with Crippen LogP contribution in [0.4, 0.5) is 8.78 Å². The molecule has 1 saturated carbocycles. The second-order valence-electron chi connectivity index (χ2n) is 37.3. The van der Waals surface area contributed by atoms with E-state index in [-0.39, 0.29) is 170 Å². The predicted molar refractivity (Wildman–Crippen MR) is 475 cm³/mol. The SMILES string of the molecule is [B][C@@H]1C[C@H](COC(C)C)C(OC(C)C)[C@@H]1C.[B][C@@H]1O[C@H](CCC(C)C)C(OC(C)C)[C@@H]1C.[B][C@@H]1O[C@H](COC(C)C)C(NC(C)C)[C@@H]1C.[B][C@@H]1O[C@](F)(COC(C)C)C(OC(C)C)[C@@H]1C.[B][C@@H]1S[C@H](COC(C)C)C(OC(C)C)[C@@H]1C.[B][C@H]1[C@@H](C)C(OC(C)C)[C@@H](COC(C)C)S1(=O)=O.[B][C@]1(F)O[C@H](COC(C)C)C(OC(C)C)[C@@H]1C. The van der Waals surface area contributed by atoms with E-state index >= 15 is 0 Å². The van der Waals surface area contributed by atoms with E-state index in [1.54, 1.807) is 18.7 Å². The zero-order chi connectivity index (χ0) is 89.7. The first kappa shape index (κ1) is 114. The summed E-state index contributed by atoms with van der Waals surface area (Å²) in [5.74, 6) is -2.14. The Bertz CT molecular complexity index is 2500. The van der Waals surface area contributed by atoms with E-state index in [9.17, 15) is 17.2 Å². The molecule has 0 aromatic rings. The van der Waals surface area contributed by atoms with Crippen molar-refractivity contribution in [3.05, 3.63) is 0 Å². The number of hydrogen-bond donors (Lipinski definition) is 1. The van der Waals surface area contributed by atoms with Crippen LogP contribution in [0.5, 0.6) is 0 Å². The van der Waals surface area contributed by atoms with Crippen molar-refractivity contribution in [2.45, 2.75) is 458 Å². The fourth-order valence-electron chi connectivity index (χ4n) is 14.5. The molecule has 7 aliphatic rings. The highest BCUT2D eigenvalue weighted by atomic mass is 32.2. The highest BCUT2D eigenvalue weighted by Crippen LogP contribution is 2.44. The van der Waals surface area contributed by atoms with Gasteiger partial charge in [0.25, 0.3) is 5.85 Å². The normalized spacial score (nSPS) is 36.1. The number of rotatable bonds is 35. The van der Waals surface area contributed by atoms with Crippen molar-refractivity contribution in [2.24, 2.45) is 53.3 Å². The molecule has 19 nitrogen and oxygen atoms in total. The number of thioether (sulfide) groups is 1. The van der Waals surface area contributed by atoms with Crippen LogP contribution in [-0.4, -0.2) is 294 Å². The summed E-state index contributed by atoms with van der Waals surface area (Å²) in [6.07, 6.45) is 3.66. The Morgan fingerprint density at radius 1 is 0.431 bits per heavy atom. The lowest BCUT2D eigenvalue weighted by Crippen LogP contribution is -2.46. The number of alkyl halides is 2. The summed E-state index contributed by atoms with van der Waals surface area (Å²) in [5, 5.41) is 2.53. The van der Waals surface area contributed by atoms with Gasteiger partial charge in [0, 0.05) is 58.9 Å². The molecule has 116 heavy (non-hydrogen) atoms. The van der Waals surface area contributed by atoms with Crippen molar-refractivity contribution >= 4 is 76.5 Å². The number of hydrogen-bond acceptors (Lipinski definition) is 20. The average molecular weight is 1680 g/mol. The Balaban J connectivity index is 0.000000677. The lowest BCUT2D eigenvalue weighted by atomic mass is 9.79. The topological polar surface area (TPSA) is 194 Å². The van der Waals surface area contributed by atoms with Crippen LogP contribution in [-0.2, 0) is 85.6 Å². The Morgan fingerprint density at radius 2 is 0.853 bits per heavy atom. The molecule has 0 aromatic heterocycles. The van der Waals surface area contributed by atoms with E-state index in [1.165, 1.54) is 6.42 Å². The van der Waals surface area contributed by atoms with Gasteiger partial charge in [0.2, 0.25) is 0 Å². The van der Waals surface area contributed by atoms with Crippen LogP contribution in [0.3, 0.4) is 0 Å². The predicted octanol–water partition coefficient (Wildman–Crippen LogP) is 14.5. The average Bonchev–Trinajstić information content (AvgIpc) is 1.59. The monoisotopic (exact) mass is 1680 g/mol. The van der Waals surface area contributed by atoms with Crippen molar-refractivity contribution in [1.29, 1.82) is 0 Å². The van der Waals surface area contributed by atoms with E-state index in [4.69, 9.17) is 131 Å². The Labute approximate surface area is 721 Å². The van der Waals surface area contributed by atoms with Crippen LogP contribution < -0.4 is 5.32 Å². The molecule has 0 bridgehead atoms. The summed E-state index contributed by atoms with van der Waals surface area (Å²) < 4.78 is 143. The fourth-order valence-corrected chi connectivity index (χ4v) is 18.0. The lowest BCUT2D eigenvalue weighted by Gasteiger charge is -2.29. The largest absolute Gasteiger partial charge is 0.382 e. The highest BCUT2D eigenvalue weighted by molar-refractivity contribution is 8.02. The number of nitrogens with one attached hydrogen (secondary N) is 1. The first-order chi connectivity index (χ1) is 53.3. The van der Waals surface area contributed by atoms with Crippen molar-refractivity contribution in [3.63, 3.8) is 0 Å². The van der Waals surface area contributed by atoms with Gasteiger partial charge < -0.3 is 81.1 Å². The molecular weight excluding hydrogens is 1510 g/mol. The fraction of sp³-hybridized carbons (Fsp3) is 1.00. The third kappa shape index (κ3) is 40.3. The van der Waals surface area contributed by atoms with E-state index in [1.807, 2.05) is 111 Å². The molecule has 6 aliphatic heterocycles. The Kier molecular flexibility index (Phi) is 53.9. The molecule has 6 heterocycles. The molecule has 1 N–H and O–H groups in total. The van der Waals surface area contributed by atoms with Gasteiger partial charge in [0.05, 0.1) is 178 Å². The van der Waals surface area contributed by atoms with Crippen molar-refractivity contribution in [1.82, 2.24) is 5.32 Å². The van der Waals surface area contributed by atoms with E-state index < -0.39 is 56.0 Å². The van der Waals surface area contributed by atoms with Gasteiger partial charge in [-0.3, -0.25) is 0 Å². The molecule has 7 unspecified atom stereocenters. The Morgan fingerprint density at radius 3 is 1.33 bits per heavy atom. The van der Waals surface area contributed by atoms with Gasteiger partial charge in [-0.2, -0.15) is 11.8 Å². The van der Waals surface area contributed by atoms with Gasteiger partial charge in [0.15, 0.2) is 23.4 Å². The standard InChI is InChI=1S/2C13H25BO2.2C12H22BFO3.C12H24BNO2.C12H23BO4S.C12H23BO2S/c1-8(2)15-7-11-6-12(14)10(5)13(11)16-9(3)4;1-8(2)6-7-11-12(15-9(3)4)10(5)13(14)16-11;1-7(2)15-6-12(14)10(16-8(3)4)9(5)11(13)17-12;1-7(2)15-6-10-11(16-8(3)4)9(5)12(13,14)17-10;1-7(2)14-11-9(5)12(13)16-10(11)6-15-8(3)4;1-7(2)16-6-10-11(17-8(3)4)9(5)12(13)18(10,14)15;1-7(2)14-6-10-11(15-8(3)4)9(5)12(13)16-10/h2*8-13H,6-7H2,1-5H3;2*7-11H,6H2,1-5H3;7-12,14H,6H2,1-5H3;7-12H,6H2,1-5H3;7-12H,6H2,1-5H3/t10-,11-,12-,13?;10-,11+,12?,13+;9-,10?,11+,12+;4*9-,10+,11?,12+/m1000000/s1. The smallest absolute Gasteiger partial charge is 0.259 e. The molecule has 7 rings (SSSR count). The van der Waals surface area contributed by atoms with Gasteiger partial charge in [-0.15, -0.1) is 0 Å². The summed E-state index contributed by atoms with van der Waals surface area (Å²) in [4.78, 5) is 0. The van der Waals surface area contributed by atoms with Crippen molar-refractivity contribution < 1.29 is 93.0 Å². The molecule has 7 fully saturated rings. The van der Waals surface area contributed by atoms with Gasteiger partial charge in [-0.1, -0.05) is 88.4 Å². The van der Waals surface area contributed by atoms with Gasteiger partial charge in [0.1, 0.15) is 47.6 Å². The van der Waals surface area contributed by atoms with Gasteiger partial charge >= 0.3 is 0 Å². The van der Waals surface area contributed by atoms with Crippen LogP contribution in [0.1, 0.15) is 262 Å². The van der Waals surface area contributed by atoms with Gasteiger partial charge in [-0.25, -0.2) is 17.2 Å². The third-order valence-corrected chi connectivity index (χ3v) is 25.0. The quantitative estimate of drug-likeness (QED) is 0.0588. The molecule has 6 saturated heterocycles. The molecule has 30 heteroatoms. The molecule has 668 valence electrons. The van der Waals surface area contributed by atoms with Crippen molar-refractivity contribution in [3.8, 4) is 0 Å². The van der Waals surface area contributed by atoms with Crippen LogP contribution in [0.25, 0.3) is 0 Å². The first-order valence-electron chi connectivity index (χ1n) is 44.0. The minimum Gasteiger partial charge on any atom is -0.382 e. The summed E-state index contributed by atoms with van der Waals surface area (Å²) in [7, 11) is 37.6.